The molecule has 2 aromatic rings. The fourth-order valence-corrected chi connectivity index (χ4v) is 2.88. The van der Waals surface area contributed by atoms with E-state index in [4.69, 9.17) is 4.74 Å². The summed E-state index contributed by atoms with van der Waals surface area (Å²) < 4.78 is 8.11. The van der Waals surface area contributed by atoms with Crippen LogP contribution in [0.2, 0.25) is 0 Å². The number of nitrogens with zero attached hydrogens (tertiary/aromatic N) is 2. The van der Waals surface area contributed by atoms with Crippen LogP contribution in [0.1, 0.15) is 30.6 Å². The molecule has 1 N–H and O–H groups in total. The van der Waals surface area contributed by atoms with Crippen molar-refractivity contribution in [3.05, 3.63) is 46.2 Å². The Morgan fingerprint density at radius 3 is 2.76 bits per heavy atom. The molecule has 2 rings (SSSR count). The van der Waals surface area contributed by atoms with Gasteiger partial charge in [0, 0.05) is 13.2 Å². The molecule has 0 aliphatic heterocycles. The third-order valence-corrected chi connectivity index (χ3v) is 4.01. The topological polar surface area (TPSA) is 39.1 Å². The van der Waals surface area contributed by atoms with Gasteiger partial charge in [-0.2, -0.15) is 5.10 Å². The van der Waals surface area contributed by atoms with Gasteiger partial charge in [0.2, 0.25) is 0 Å². The van der Waals surface area contributed by atoms with Crippen LogP contribution in [0.4, 0.5) is 0 Å². The Bertz CT molecular complexity index is 583. The van der Waals surface area contributed by atoms with Gasteiger partial charge in [0.05, 0.1) is 23.3 Å². The summed E-state index contributed by atoms with van der Waals surface area (Å²) in [6.07, 6.45) is 4.00. The summed E-state index contributed by atoms with van der Waals surface area (Å²) in [7, 11) is 3.63. The lowest BCUT2D eigenvalue weighted by molar-refractivity contribution is 0.411. The first-order chi connectivity index (χ1) is 10.1. The van der Waals surface area contributed by atoms with Gasteiger partial charge in [-0.1, -0.05) is 13.0 Å². The molecule has 1 heterocycles. The van der Waals surface area contributed by atoms with Crippen molar-refractivity contribution in [3.8, 4) is 5.75 Å². The highest BCUT2D eigenvalue weighted by molar-refractivity contribution is 9.10. The number of hydrogen-bond donors (Lipinski definition) is 1. The zero-order valence-electron chi connectivity index (χ0n) is 12.8. The Morgan fingerprint density at radius 1 is 1.38 bits per heavy atom. The molecule has 0 aliphatic rings. The predicted molar refractivity (Wildman–Crippen MR) is 88.6 cm³/mol. The van der Waals surface area contributed by atoms with Crippen LogP contribution in [0.15, 0.2) is 34.9 Å². The molecule has 0 amide bonds. The molecule has 4 nitrogen and oxygen atoms in total. The average Bonchev–Trinajstić information content (AvgIpc) is 2.90. The molecule has 0 radical (unpaired) electrons. The Kier molecular flexibility index (Phi) is 5.82. The lowest BCUT2D eigenvalue weighted by atomic mass is 10.0. The van der Waals surface area contributed by atoms with Crippen molar-refractivity contribution in [1.82, 2.24) is 15.1 Å². The number of methoxy groups -OCH3 is 1. The summed E-state index contributed by atoms with van der Waals surface area (Å²) in [4.78, 5) is 0. The highest BCUT2D eigenvalue weighted by atomic mass is 79.9. The molecule has 1 aromatic carbocycles. The zero-order chi connectivity index (χ0) is 15.2. The van der Waals surface area contributed by atoms with Crippen molar-refractivity contribution in [2.24, 2.45) is 7.05 Å². The van der Waals surface area contributed by atoms with Crippen LogP contribution in [0.25, 0.3) is 0 Å². The van der Waals surface area contributed by atoms with Crippen LogP contribution in [0.3, 0.4) is 0 Å². The number of benzene rings is 1. The van der Waals surface area contributed by atoms with Crippen LogP contribution >= 0.6 is 15.9 Å². The molecule has 0 aliphatic carbocycles. The number of aromatic nitrogens is 2. The van der Waals surface area contributed by atoms with E-state index in [1.165, 1.54) is 5.56 Å². The van der Waals surface area contributed by atoms with Gasteiger partial charge in [-0.05, 0) is 59.1 Å². The van der Waals surface area contributed by atoms with E-state index in [-0.39, 0.29) is 6.04 Å². The molecule has 1 unspecified atom stereocenters. The quantitative estimate of drug-likeness (QED) is 0.829. The number of aryl methyl sites for hydroxylation is 1. The first-order valence-electron chi connectivity index (χ1n) is 7.19. The Morgan fingerprint density at radius 2 is 2.19 bits per heavy atom. The molecule has 1 atom stereocenters. The lowest BCUT2D eigenvalue weighted by Gasteiger charge is -2.17. The smallest absolute Gasteiger partial charge is 0.133 e. The van der Waals surface area contributed by atoms with Crippen molar-refractivity contribution in [1.29, 1.82) is 0 Å². The van der Waals surface area contributed by atoms with Crippen molar-refractivity contribution < 1.29 is 4.74 Å². The van der Waals surface area contributed by atoms with Gasteiger partial charge in [-0.3, -0.25) is 4.68 Å². The largest absolute Gasteiger partial charge is 0.496 e. The van der Waals surface area contributed by atoms with Crippen molar-refractivity contribution in [3.63, 3.8) is 0 Å². The van der Waals surface area contributed by atoms with E-state index in [0.717, 1.165) is 35.3 Å². The van der Waals surface area contributed by atoms with Gasteiger partial charge < -0.3 is 10.1 Å². The van der Waals surface area contributed by atoms with Crippen LogP contribution < -0.4 is 10.1 Å². The maximum Gasteiger partial charge on any atom is 0.133 e. The minimum Gasteiger partial charge on any atom is -0.496 e. The standard InChI is InChI=1S/C16H22BrN3O/c1-4-8-18-15(14-7-9-20(2)19-14)11-12-5-6-16(21-3)13(17)10-12/h5-7,9-10,15,18H,4,8,11H2,1-3H3. The fraction of sp³-hybridized carbons (Fsp3) is 0.438. The number of rotatable bonds is 7. The molecule has 0 spiro atoms. The van der Waals surface area contributed by atoms with Gasteiger partial charge >= 0.3 is 0 Å². The molecular formula is C16H22BrN3O. The van der Waals surface area contributed by atoms with Crippen LogP contribution in [-0.4, -0.2) is 23.4 Å². The van der Waals surface area contributed by atoms with Gasteiger partial charge in [-0.15, -0.1) is 0 Å². The highest BCUT2D eigenvalue weighted by Crippen LogP contribution is 2.27. The van der Waals surface area contributed by atoms with E-state index in [1.807, 2.05) is 24.0 Å². The summed E-state index contributed by atoms with van der Waals surface area (Å²) in [6, 6.07) is 8.52. The first kappa shape index (κ1) is 16.0. The van der Waals surface area contributed by atoms with Crippen LogP contribution in [0, 0.1) is 0 Å². The molecule has 0 saturated carbocycles. The number of hydrogen-bond acceptors (Lipinski definition) is 3. The van der Waals surface area contributed by atoms with Crippen molar-refractivity contribution in [2.45, 2.75) is 25.8 Å². The molecule has 1 aromatic heterocycles. The summed E-state index contributed by atoms with van der Waals surface area (Å²) in [5.41, 5.74) is 2.33. The molecular weight excluding hydrogens is 330 g/mol. The van der Waals surface area contributed by atoms with Crippen molar-refractivity contribution >= 4 is 15.9 Å². The van der Waals surface area contributed by atoms with Gasteiger partial charge in [0.25, 0.3) is 0 Å². The van der Waals surface area contributed by atoms with E-state index in [1.54, 1.807) is 7.11 Å². The molecule has 0 bridgehead atoms. The predicted octanol–water partition coefficient (Wildman–Crippen LogP) is 3.47. The Balaban J connectivity index is 2.16. The summed E-state index contributed by atoms with van der Waals surface area (Å²) in [5, 5.41) is 8.11. The summed E-state index contributed by atoms with van der Waals surface area (Å²) in [6.45, 7) is 3.16. The zero-order valence-corrected chi connectivity index (χ0v) is 14.4. The van der Waals surface area contributed by atoms with Gasteiger partial charge in [0.1, 0.15) is 5.75 Å². The minimum atomic E-state index is 0.228. The van der Waals surface area contributed by atoms with Gasteiger partial charge in [-0.25, -0.2) is 0 Å². The summed E-state index contributed by atoms with van der Waals surface area (Å²) in [5.74, 6) is 0.856. The van der Waals surface area contributed by atoms with E-state index >= 15 is 0 Å². The molecule has 5 heteroatoms. The molecule has 0 fully saturated rings. The van der Waals surface area contributed by atoms with E-state index in [2.05, 4.69) is 51.5 Å². The second-order valence-electron chi connectivity index (χ2n) is 5.09. The van der Waals surface area contributed by atoms with Crippen LogP contribution in [0.5, 0.6) is 5.75 Å². The Hall–Kier alpha value is -1.33. The first-order valence-corrected chi connectivity index (χ1v) is 7.98. The average molecular weight is 352 g/mol. The van der Waals surface area contributed by atoms with Gasteiger partial charge in [0.15, 0.2) is 0 Å². The van der Waals surface area contributed by atoms with E-state index in [0.29, 0.717) is 0 Å². The molecule has 21 heavy (non-hydrogen) atoms. The van der Waals surface area contributed by atoms with E-state index < -0.39 is 0 Å². The maximum atomic E-state index is 5.28. The summed E-state index contributed by atoms with van der Waals surface area (Å²) >= 11 is 3.55. The number of halogens is 1. The second kappa shape index (κ2) is 7.61. The molecule has 114 valence electrons. The third-order valence-electron chi connectivity index (χ3n) is 3.39. The van der Waals surface area contributed by atoms with E-state index in [9.17, 15) is 0 Å². The minimum absolute atomic E-state index is 0.228. The van der Waals surface area contributed by atoms with Crippen molar-refractivity contribution in [2.75, 3.05) is 13.7 Å². The number of nitrogens with one attached hydrogen (secondary N) is 1. The monoisotopic (exact) mass is 351 g/mol. The number of ether oxygens (including phenoxy) is 1. The maximum absolute atomic E-state index is 5.28. The fourth-order valence-electron chi connectivity index (χ4n) is 2.29. The molecule has 0 saturated heterocycles. The van der Waals surface area contributed by atoms with Crippen LogP contribution in [-0.2, 0) is 13.5 Å². The highest BCUT2D eigenvalue weighted by Gasteiger charge is 2.15. The third kappa shape index (κ3) is 4.32. The Labute approximate surface area is 134 Å². The normalized spacial score (nSPS) is 12.4. The second-order valence-corrected chi connectivity index (χ2v) is 5.95. The SMILES string of the molecule is CCCNC(Cc1ccc(OC)c(Br)c1)c1ccn(C)n1. The lowest BCUT2D eigenvalue weighted by Crippen LogP contribution is -2.24.